The minimum Gasteiger partial charge on any atom is -0.497 e. The van der Waals surface area contributed by atoms with Gasteiger partial charge in [-0.3, -0.25) is 4.79 Å². The highest BCUT2D eigenvalue weighted by molar-refractivity contribution is 6.31. The van der Waals surface area contributed by atoms with Crippen molar-refractivity contribution in [2.45, 2.75) is 0 Å². The SMILES string of the molecule is COc1ccc(OC)c(-c2coc3ccc(Cl)cc3c2=O)c1. The van der Waals surface area contributed by atoms with Gasteiger partial charge in [-0.2, -0.15) is 0 Å². The molecule has 0 spiro atoms. The van der Waals surface area contributed by atoms with E-state index in [1.54, 1.807) is 50.6 Å². The Morgan fingerprint density at radius 2 is 1.82 bits per heavy atom. The summed E-state index contributed by atoms with van der Waals surface area (Å²) >= 11 is 5.97. The largest absolute Gasteiger partial charge is 0.497 e. The van der Waals surface area contributed by atoms with E-state index in [2.05, 4.69) is 0 Å². The molecule has 0 fully saturated rings. The molecule has 0 saturated heterocycles. The van der Waals surface area contributed by atoms with Crippen LogP contribution < -0.4 is 14.9 Å². The second-order valence-corrected chi connectivity index (χ2v) is 5.12. The summed E-state index contributed by atoms with van der Waals surface area (Å²) in [7, 11) is 3.11. The zero-order valence-electron chi connectivity index (χ0n) is 12.1. The first-order valence-corrected chi connectivity index (χ1v) is 6.95. The van der Waals surface area contributed by atoms with E-state index >= 15 is 0 Å². The quantitative estimate of drug-likeness (QED) is 0.729. The molecule has 2 aromatic carbocycles. The van der Waals surface area contributed by atoms with Crippen molar-refractivity contribution >= 4 is 22.6 Å². The van der Waals surface area contributed by atoms with Gasteiger partial charge < -0.3 is 13.9 Å². The average molecular weight is 317 g/mol. The number of hydrogen-bond donors (Lipinski definition) is 0. The molecule has 0 N–H and O–H groups in total. The molecule has 0 amide bonds. The molecule has 0 saturated carbocycles. The maximum Gasteiger partial charge on any atom is 0.200 e. The highest BCUT2D eigenvalue weighted by atomic mass is 35.5. The molecule has 0 bridgehead atoms. The van der Waals surface area contributed by atoms with E-state index in [1.165, 1.54) is 6.26 Å². The van der Waals surface area contributed by atoms with Crippen molar-refractivity contribution < 1.29 is 13.9 Å². The first-order valence-electron chi connectivity index (χ1n) is 6.57. The van der Waals surface area contributed by atoms with E-state index in [9.17, 15) is 4.79 Å². The van der Waals surface area contributed by atoms with E-state index in [0.717, 1.165) is 0 Å². The minimum atomic E-state index is -0.171. The van der Waals surface area contributed by atoms with Gasteiger partial charge in [0, 0.05) is 10.6 Å². The highest BCUT2D eigenvalue weighted by Crippen LogP contribution is 2.32. The smallest absolute Gasteiger partial charge is 0.200 e. The van der Waals surface area contributed by atoms with Crippen LogP contribution in [0.4, 0.5) is 0 Å². The van der Waals surface area contributed by atoms with Crippen molar-refractivity contribution in [2.24, 2.45) is 0 Å². The van der Waals surface area contributed by atoms with Crippen molar-refractivity contribution in [2.75, 3.05) is 14.2 Å². The van der Waals surface area contributed by atoms with Crippen molar-refractivity contribution in [3.05, 3.63) is 57.9 Å². The maximum atomic E-state index is 12.7. The topological polar surface area (TPSA) is 48.7 Å². The molecule has 0 unspecified atom stereocenters. The van der Waals surface area contributed by atoms with E-state index < -0.39 is 0 Å². The summed E-state index contributed by atoms with van der Waals surface area (Å²) < 4.78 is 16.1. The van der Waals surface area contributed by atoms with Gasteiger partial charge in [0.05, 0.1) is 25.2 Å². The van der Waals surface area contributed by atoms with Crippen LogP contribution in [0.15, 0.2) is 51.9 Å². The lowest BCUT2D eigenvalue weighted by molar-refractivity contribution is 0.404. The summed E-state index contributed by atoms with van der Waals surface area (Å²) in [6.07, 6.45) is 1.43. The number of methoxy groups -OCH3 is 2. The van der Waals surface area contributed by atoms with Crippen LogP contribution in [0.25, 0.3) is 22.1 Å². The number of benzene rings is 2. The Bertz CT molecular complexity index is 899. The number of hydrogen-bond acceptors (Lipinski definition) is 4. The molecular formula is C17H13ClO4. The summed E-state index contributed by atoms with van der Waals surface area (Å²) in [6, 6.07) is 10.2. The Morgan fingerprint density at radius 1 is 1.00 bits per heavy atom. The van der Waals surface area contributed by atoms with Crippen molar-refractivity contribution in [1.29, 1.82) is 0 Å². The zero-order valence-corrected chi connectivity index (χ0v) is 12.8. The summed E-state index contributed by atoms with van der Waals surface area (Å²) in [6.45, 7) is 0. The molecule has 0 aliphatic heterocycles. The summed E-state index contributed by atoms with van der Waals surface area (Å²) in [5.74, 6) is 1.19. The van der Waals surface area contributed by atoms with Crippen LogP contribution in [0.3, 0.4) is 0 Å². The Hall–Kier alpha value is -2.46. The fourth-order valence-corrected chi connectivity index (χ4v) is 2.49. The van der Waals surface area contributed by atoms with Crippen LogP contribution in [-0.4, -0.2) is 14.2 Å². The second-order valence-electron chi connectivity index (χ2n) is 4.69. The van der Waals surface area contributed by atoms with Gasteiger partial charge in [-0.1, -0.05) is 11.6 Å². The summed E-state index contributed by atoms with van der Waals surface area (Å²) in [5, 5.41) is 0.907. The molecular weight excluding hydrogens is 304 g/mol. The van der Waals surface area contributed by atoms with Crippen LogP contribution in [0.5, 0.6) is 11.5 Å². The number of fused-ring (bicyclic) bond motifs is 1. The number of rotatable bonds is 3. The Balaban J connectivity index is 2.31. The third-order valence-electron chi connectivity index (χ3n) is 3.43. The van der Waals surface area contributed by atoms with Crippen LogP contribution >= 0.6 is 11.6 Å². The average Bonchev–Trinajstić information content (AvgIpc) is 2.55. The molecule has 0 radical (unpaired) electrons. The van der Waals surface area contributed by atoms with Crippen molar-refractivity contribution in [3.63, 3.8) is 0 Å². The number of halogens is 1. The standard InChI is InChI=1S/C17H13ClO4/c1-20-11-4-6-15(21-2)12(8-11)14-9-22-16-5-3-10(18)7-13(16)17(14)19/h3-9H,1-2H3. The molecule has 22 heavy (non-hydrogen) atoms. The molecule has 0 aliphatic carbocycles. The predicted octanol–water partition coefficient (Wildman–Crippen LogP) is 4.13. The summed E-state index contributed by atoms with van der Waals surface area (Å²) in [4.78, 5) is 12.7. The van der Waals surface area contributed by atoms with E-state index in [4.69, 9.17) is 25.5 Å². The molecule has 4 nitrogen and oxygen atoms in total. The fraction of sp³-hybridized carbons (Fsp3) is 0.118. The minimum absolute atomic E-state index is 0.171. The Morgan fingerprint density at radius 3 is 2.55 bits per heavy atom. The zero-order chi connectivity index (χ0) is 15.7. The third-order valence-corrected chi connectivity index (χ3v) is 3.67. The highest BCUT2D eigenvalue weighted by Gasteiger charge is 2.14. The number of ether oxygens (including phenoxy) is 2. The van der Waals surface area contributed by atoms with E-state index in [1.807, 2.05) is 0 Å². The lowest BCUT2D eigenvalue weighted by Crippen LogP contribution is -2.05. The van der Waals surface area contributed by atoms with Crippen molar-refractivity contribution in [1.82, 2.24) is 0 Å². The van der Waals surface area contributed by atoms with Crippen LogP contribution in [-0.2, 0) is 0 Å². The van der Waals surface area contributed by atoms with Gasteiger partial charge in [-0.05, 0) is 36.4 Å². The van der Waals surface area contributed by atoms with Crippen LogP contribution in [0.1, 0.15) is 0 Å². The van der Waals surface area contributed by atoms with Crippen LogP contribution in [0.2, 0.25) is 5.02 Å². The molecule has 112 valence electrons. The summed E-state index contributed by atoms with van der Waals surface area (Å²) in [5.41, 5.74) is 1.32. The van der Waals surface area contributed by atoms with Crippen LogP contribution in [0, 0.1) is 0 Å². The predicted molar refractivity (Wildman–Crippen MR) is 86.0 cm³/mol. The maximum absolute atomic E-state index is 12.7. The molecule has 3 rings (SSSR count). The molecule has 1 aromatic heterocycles. The van der Waals surface area contributed by atoms with Gasteiger partial charge >= 0.3 is 0 Å². The molecule has 0 aliphatic rings. The first-order chi connectivity index (χ1) is 10.6. The molecule has 0 atom stereocenters. The van der Waals surface area contributed by atoms with Gasteiger partial charge in [-0.25, -0.2) is 0 Å². The fourth-order valence-electron chi connectivity index (χ4n) is 2.31. The van der Waals surface area contributed by atoms with E-state index in [-0.39, 0.29) is 5.43 Å². The first kappa shape index (κ1) is 14.5. The van der Waals surface area contributed by atoms with Gasteiger partial charge in [-0.15, -0.1) is 0 Å². The van der Waals surface area contributed by atoms with Gasteiger partial charge in [0.15, 0.2) is 0 Å². The van der Waals surface area contributed by atoms with Gasteiger partial charge in [0.2, 0.25) is 5.43 Å². The van der Waals surface area contributed by atoms with Gasteiger partial charge in [0.1, 0.15) is 23.3 Å². The lowest BCUT2D eigenvalue weighted by atomic mass is 10.0. The lowest BCUT2D eigenvalue weighted by Gasteiger charge is -2.10. The van der Waals surface area contributed by atoms with E-state index in [0.29, 0.717) is 38.6 Å². The Kier molecular flexibility index (Phi) is 3.77. The monoisotopic (exact) mass is 316 g/mol. The Labute approximate surface area is 131 Å². The molecule has 5 heteroatoms. The second kappa shape index (κ2) is 5.73. The van der Waals surface area contributed by atoms with Crippen molar-refractivity contribution in [3.8, 4) is 22.6 Å². The molecule has 1 heterocycles. The molecule has 3 aromatic rings. The third kappa shape index (κ3) is 2.42. The normalized spacial score (nSPS) is 10.7. The van der Waals surface area contributed by atoms with Gasteiger partial charge in [0.25, 0.3) is 0 Å².